The van der Waals surface area contributed by atoms with E-state index in [1.165, 1.54) is 0 Å². The monoisotopic (exact) mass is 207 g/mol. The minimum atomic E-state index is 0.411. The average Bonchev–Trinajstić information content (AvgIpc) is 2.19. The van der Waals surface area contributed by atoms with Gasteiger partial charge in [0.1, 0.15) is 0 Å². The van der Waals surface area contributed by atoms with Gasteiger partial charge >= 0.3 is 0 Å². The quantitative estimate of drug-likeness (QED) is 0.670. The Kier molecular flexibility index (Phi) is 2.30. The first-order valence-electron chi connectivity index (χ1n) is 4.32. The Morgan fingerprint density at radius 1 is 1.36 bits per heavy atom. The summed E-state index contributed by atoms with van der Waals surface area (Å²) in [6.07, 6.45) is 0. The summed E-state index contributed by atoms with van der Waals surface area (Å²) in [5.41, 5.74) is 2.05. The van der Waals surface area contributed by atoms with Crippen LogP contribution in [0.2, 0.25) is 5.15 Å². The Hall–Kier alpha value is -1.28. The number of fused-ring (bicyclic) bond motifs is 1. The fourth-order valence-electron chi connectivity index (χ4n) is 1.45. The van der Waals surface area contributed by atoms with Gasteiger partial charge in [0, 0.05) is 5.39 Å². The van der Waals surface area contributed by atoms with Gasteiger partial charge in [0.05, 0.1) is 12.6 Å². The number of halogens is 1. The predicted molar refractivity (Wildman–Crippen MR) is 58.0 cm³/mol. The number of ether oxygens (including phenoxy) is 1. The van der Waals surface area contributed by atoms with Crippen LogP contribution in [0.3, 0.4) is 0 Å². The highest BCUT2D eigenvalue weighted by Crippen LogP contribution is 2.27. The molecule has 0 unspecified atom stereocenters. The van der Waals surface area contributed by atoms with Gasteiger partial charge in [-0.05, 0) is 18.6 Å². The third kappa shape index (κ3) is 1.42. The van der Waals surface area contributed by atoms with Crippen LogP contribution in [0.15, 0.2) is 24.3 Å². The van der Waals surface area contributed by atoms with Crippen LogP contribution in [-0.4, -0.2) is 12.1 Å². The third-order valence-corrected chi connectivity index (χ3v) is 2.46. The van der Waals surface area contributed by atoms with Crippen molar-refractivity contribution in [3.8, 4) is 5.75 Å². The molecule has 3 heteroatoms. The van der Waals surface area contributed by atoms with Crippen LogP contribution in [0.25, 0.3) is 10.9 Å². The fraction of sp³-hybridized carbons (Fsp3) is 0.182. The summed E-state index contributed by atoms with van der Waals surface area (Å²) in [5, 5.41) is 1.46. The van der Waals surface area contributed by atoms with Crippen molar-refractivity contribution in [1.29, 1.82) is 0 Å². The van der Waals surface area contributed by atoms with Crippen molar-refractivity contribution >= 4 is 22.5 Å². The van der Waals surface area contributed by atoms with Gasteiger partial charge in [-0.3, -0.25) is 0 Å². The van der Waals surface area contributed by atoms with Gasteiger partial charge < -0.3 is 4.74 Å². The highest BCUT2D eigenvalue weighted by molar-refractivity contribution is 6.31. The topological polar surface area (TPSA) is 22.1 Å². The summed E-state index contributed by atoms with van der Waals surface area (Å²) >= 11 is 5.94. The van der Waals surface area contributed by atoms with Gasteiger partial charge in [0.2, 0.25) is 0 Å². The SMILES string of the molecule is COc1cc2cccc(C)c2nc1Cl. The zero-order valence-electron chi connectivity index (χ0n) is 8.04. The Morgan fingerprint density at radius 2 is 2.14 bits per heavy atom. The lowest BCUT2D eigenvalue weighted by Gasteiger charge is -2.05. The van der Waals surface area contributed by atoms with E-state index < -0.39 is 0 Å². The van der Waals surface area contributed by atoms with Gasteiger partial charge in [-0.1, -0.05) is 29.8 Å². The lowest BCUT2D eigenvalue weighted by atomic mass is 10.1. The van der Waals surface area contributed by atoms with Crippen molar-refractivity contribution in [3.05, 3.63) is 35.0 Å². The number of nitrogens with zero attached hydrogens (tertiary/aromatic N) is 1. The van der Waals surface area contributed by atoms with E-state index in [1.807, 2.05) is 31.2 Å². The Labute approximate surface area is 87.5 Å². The van der Waals surface area contributed by atoms with E-state index in [4.69, 9.17) is 16.3 Å². The second-order valence-electron chi connectivity index (χ2n) is 3.13. The molecule has 2 rings (SSSR count). The molecule has 2 nitrogen and oxygen atoms in total. The largest absolute Gasteiger partial charge is 0.494 e. The normalized spacial score (nSPS) is 10.5. The summed E-state index contributed by atoms with van der Waals surface area (Å²) in [6, 6.07) is 7.90. The van der Waals surface area contributed by atoms with Gasteiger partial charge in [-0.25, -0.2) is 4.98 Å². The number of rotatable bonds is 1. The summed E-state index contributed by atoms with van der Waals surface area (Å²) in [6.45, 7) is 2.01. The summed E-state index contributed by atoms with van der Waals surface area (Å²) in [7, 11) is 1.59. The molecule has 2 aromatic rings. The maximum absolute atomic E-state index is 5.94. The first kappa shape index (κ1) is 9.28. The van der Waals surface area contributed by atoms with E-state index in [9.17, 15) is 0 Å². The molecule has 0 saturated carbocycles. The van der Waals surface area contributed by atoms with Crippen LogP contribution >= 0.6 is 11.6 Å². The molecule has 14 heavy (non-hydrogen) atoms. The highest BCUT2D eigenvalue weighted by atomic mass is 35.5. The number of aryl methyl sites for hydroxylation is 1. The molecule has 0 atom stereocenters. The number of pyridine rings is 1. The molecule has 1 heterocycles. The second kappa shape index (κ2) is 3.46. The molecule has 72 valence electrons. The summed E-state index contributed by atoms with van der Waals surface area (Å²) < 4.78 is 5.10. The molecule has 0 spiro atoms. The van der Waals surface area contributed by atoms with E-state index in [1.54, 1.807) is 7.11 Å². The number of methoxy groups -OCH3 is 1. The third-order valence-electron chi connectivity index (χ3n) is 2.19. The molecule has 1 aromatic carbocycles. The minimum Gasteiger partial charge on any atom is -0.494 e. The first-order chi connectivity index (χ1) is 6.72. The fourth-order valence-corrected chi connectivity index (χ4v) is 1.66. The van der Waals surface area contributed by atoms with Gasteiger partial charge in [-0.2, -0.15) is 0 Å². The molecular weight excluding hydrogens is 198 g/mol. The molecule has 0 saturated heterocycles. The van der Waals surface area contributed by atoms with Crippen molar-refractivity contribution in [3.63, 3.8) is 0 Å². The highest BCUT2D eigenvalue weighted by Gasteiger charge is 2.05. The maximum atomic E-state index is 5.94. The smallest absolute Gasteiger partial charge is 0.171 e. The average molecular weight is 208 g/mol. The van der Waals surface area contributed by atoms with Crippen LogP contribution in [0, 0.1) is 6.92 Å². The molecule has 0 amide bonds. The van der Waals surface area contributed by atoms with Gasteiger partial charge in [0.15, 0.2) is 10.9 Å². The number of hydrogen-bond donors (Lipinski definition) is 0. The Balaban J connectivity index is 2.79. The molecule has 0 N–H and O–H groups in total. The number of benzene rings is 1. The van der Waals surface area contributed by atoms with Crippen LogP contribution < -0.4 is 4.74 Å². The van der Waals surface area contributed by atoms with E-state index >= 15 is 0 Å². The van der Waals surface area contributed by atoms with Crippen LogP contribution in [0.5, 0.6) is 5.75 Å². The molecular formula is C11H10ClNO. The number of para-hydroxylation sites is 1. The maximum Gasteiger partial charge on any atom is 0.171 e. The van der Waals surface area contributed by atoms with Gasteiger partial charge in [0.25, 0.3) is 0 Å². The van der Waals surface area contributed by atoms with Crippen molar-refractivity contribution in [2.45, 2.75) is 6.92 Å². The molecule has 0 aliphatic carbocycles. The van der Waals surface area contributed by atoms with E-state index in [2.05, 4.69) is 4.98 Å². The van der Waals surface area contributed by atoms with Crippen molar-refractivity contribution in [1.82, 2.24) is 4.98 Å². The van der Waals surface area contributed by atoms with Crippen LogP contribution in [0.4, 0.5) is 0 Å². The van der Waals surface area contributed by atoms with E-state index in [0.29, 0.717) is 10.9 Å². The molecule has 0 radical (unpaired) electrons. The summed E-state index contributed by atoms with van der Waals surface area (Å²) in [4.78, 5) is 4.29. The lowest BCUT2D eigenvalue weighted by molar-refractivity contribution is 0.414. The molecule has 0 fully saturated rings. The predicted octanol–water partition coefficient (Wildman–Crippen LogP) is 3.21. The summed E-state index contributed by atoms with van der Waals surface area (Å²) in [5.74, 6) is 0.616. The minimum absolute atomic E-state index is 0.411. The Morgan fingerprint density at radius 3 is 2.86 bits per heavy atom. The zero-order chi connectivity index (χ0) is 10.1. The number of hydrogen-bond acceptors (Lipinski definition) is 2. The van der Waals surface area contributed by atoms with Crippen molar-refractivity contribution in [2.75, 3.05) is 7.11 Å². The molecule has 1 aromatic heterocycles. The lowest BCUT2D eigenvalue weighted by Crippen LogP contribution is -1.89. The molecule has 0 aliphatic rings. The Bertz CT molecular complexity index is 482. The molecule has 0 aliphatic heterocycles. The van der Waals surface area contributed by atoms with E-state index in [-0.39, 0.29) is 0 Å². The van der Waals surface area contributed by atoms with Crippen molar-refractivity contribution < 1.29 is 4.74 Å². The van der Waals surface area contributed by atoms with E-state index in [0.717, 1.165) is 16.5 Å². The molecule has 0 bridgehead atoms. The van der Waals surface area contributed by atoms with Crippen LogP contribution in [-0.2, 0) is 0 Å². The standard InChI is InChI=1S/C11H10ClNO/c1-7-4-3-5-8-6-9(14-2)11(12)13-10(7)8/h3-6H,1-2H3. The second-order valence-corrected chi connectivity index (χ2v) is 3.49. The van der Waals surface area contributed by atoms with Crippen molar-refractivity contribution in [2.24, 2.45) is 0 Å². The number of aromatic nitrogens is 1. The first-order valence-corrected chi connectivity index (χ1v) is 4.70. The zero-order valence-corrected chi connectivity index (χ0v) is 8.80. The van der Waals surface area contributed by atoms with Crippen LogP contribution in [0.1, 0.15) is 5.56 Å². The van der Waals surface area contributed by atoms with Gasteiger partial charge in [-0.15, -0.1) is 0 Å².